The fourth-order valence-electron chi connectivity index (χ4n) is 1.07. The predicted octanol–water partition coefficient (Wildman–Crippen LogP) is 1.74. The molecule has 0 spiro atoms. The van der Waals surface area contributed by atoms with Crippen molar-refractivity contribution in [1.82, 2.24) is 4.98 Å². The second-order valence-electron chi connectivity index (χ2n) is 4.17. The van der Waals surface area contributed by atoms with Gasteiger partial charge in [-0.2, -0.15) is 0 Å². The van der Waals surface area contributed by atoms with Crippen molar-refractivity contribution in [3.8, 4) is 0 Å². The molecule has 1 heterocycles. The number of carbonyl (C=O) groups is 1. The zero-order valence-corrected chi connectivity index (χ0v) is 10.2. The number of aromatic nitrogens is 1. The molecule has 0 aliphatic rings. The van der Waals surface area contributed by atoms with E-state index in [1.165, 1.54) is 0 Å². The van der Waals surface area contributed by atoms with Gasteiger partial charge in [-0.1, -0.05) is 0 Å². The summed E-state index contributed by atoms with van der Waals surface area (Å²) in [5.41, 5.74) is 6.23. The molecule has 0 aliphatic heterocycles. The fraction of sp³-hybridized carbons (Fsp3) is 0.455. The summed E-state index contributed by atoms with van der Waals surface area (Å²) in [6.45, 7) is 3.86. The van der Waals surface area contributed by atoms with Gasteiger partial charge in [0.2, 0.25) is 5.91 Å². The van der Waals surface area contributed by atoms with Crippen LogP contribution in [-0.2, 0) is 11.3 Å². The van der Waals surface area contributed by atoms with Crippen molar-refractivity contribution in [3.63, 3.8) is 0 Å². The Morgan fingerprint density at radius 1 is 1.62 bits per heavy atom. The van der Waals surface area contributed by atoms with Gasteiger partial charge in [-0.25, -0.2) is 0 Å². The van der Waals surface area contributed by atoms with Gasteiger partial charge in [-0.05, 0) is 26.0 Å². The molecular formula is C11H16ClN3O. The molecule has 88 valence electrons. The van der Waals surface area contributed by atoms with Crippen LogP contribution in [0, 0.1) is 5.41 Å². The van der Waals surface area contributed by atoms with Crippen LogP contribution in [0.5, 0.6) is 0 Å². The molecule has 0 fully saturated rings. The van der Waals surface area contributed by atoms with Crippen molar-refractivity contribution in [2.75, 3.05) is 11.2 Å². The molecule has 0 saturated heterocycles. The summed E-state index contributed by atoms with van der Waals surface area (Å²) in [6, 6.07) is 3.53. The summed E-state index contributed by atoms with van der Waals surface area (Å²) in [4.78, 5) is 16.0. The third-order valence-electron chi connectivity index (χ3n) is 2.28. The number of amides is 1. The Labute approximate surface area is 100 Å². The molecule has 0 aromatic carbocycles. The van der Waals surface area contributed by atoms with Gasteiger partial charge in [0.05, 0.1) is 16.8 Å². The zero-order chi connectivity index (χ0) is 12.2. The smallest absolute Gasteiger partial charge is 0.231 e. The SMILES string of the molecule is CC(C)(CCl)C(=O)Nc1cccnc1CN. The Hall–Kier alpha value is -1.13. The highest BCUT2D eigenvalue weighted by Crippen LogP contribution is 2.21. The van der Waals surface area contributed by atoms with Crippen molar-refractivity contribution >= 4 is 23.2 Å². The van der Waals surface area contributed by atoms with E-state index in [0.29, 0.717) is 11.4 Å². The van der Waals surface area contributed by atoms with E-state index in [-0.39, 0.29) is 18.3 Å². The van der Waals surface area contributed by atoms with E-state index in [1.54, 1.807) is 32.2 Å². The number of nitrogens with one attached hydrogen (secondary N) is 1. The van der Waals surface area contributed by atoms with E-state index < -0.39 is 5.41 Å². The average molecular weight is 242 g/mol. The van der Waals surface area contributed by atoms with Crippen LogP contribution < -0.4 is 11.1 Å². The molecule has 0 saturated carbocycles. The van der Waals surface area contributed by atoms with Crippen LogP contribution in [0.4, 0.5) is 5.69 Å². The normalized spacial score (nSPS) is 11.2. The number of hydrogen-bond donors (Lipinski definition) is 2. The highest BCUT2D eigenvalue weighted by molar-refractivity contribution is 6.20. The minimum absolute atomic E-state index is 0.134. The summed E-state index contributed by atoms with van der Waals surface area (Å²) < 4.78 is 0. The number of nitrogens with two attached hydrogens (primary N) is 1. The lowest BCUT2D eigenvalue weighted by molar-refractivity contribution is -0.122. The van der Waals surface area contributed by atoms with Crippen molar-refractivity contribution in [2.24, 2.45) is 11.1 Å². The molecule has 0 aliphatic carbocycles. The highest BCUT2D eigenvalue weighted by atomic mass is 35.5. The van der Waals surface area contributed by atoms with E-state index >= 15 is 0 Å². The van der Waals surface area contributed by atoms with Gasteiger partial charge in [-0.15, -0.1) is 11.6 Å². The van der Waals surface area contributed by atoms with E-state index in [1.807, 2.05) is 0 Å². The van der Waals surface area contributed by atoms with Gasteiger partial charge in [0.25, 0.3) is 0 Å². The van der Waals surface area contributed by atoms with Crippen molar-refractivity contribution < 1.29 is 4.79 Å². The minimum Gasteiger partial charge on any atom is -0.325 e. The van der Waals surface area contributed by atoms with E-state index in [9.17, 15) is 4.79 Å². The number of anilines is 1. The predicted molar refractivity (Wildman–Crippen MR) is 65.3 cm³/mol. The number of rotatable bonds is 4. The monoisotopic (exact) mass is 241 g/mol. The first-order valence-electron chi connectivity index (χ1n) is 5.02. The topological polar surface area (TPSA) is 68.0 Å². The molecule has 1 aromatic heterocycles. The molecule has 5 heteroatoms. The van der Waals surface area contributed by atoms with Gasteiger partial charge >= 0.3 is 0 Å². The van der Waals surface area contributed by atoms with Crippen LogP contribution in [0.1, 0.15) is 19.5 Å². The number of hydrogen-bond acceptors (Lipinski definition) is 3. The first kappa shape index (κ1) is 12.9. The van der Waals surface area contributed by atoms with E-state index in [0.717, 1.165) is 0 Å². The Morgan fingerprint density at radius 3 is 2.88 bits per heavy atom. The van der Waals surface area contributed by atoms with Gasteiger partial charge < -0.3 is 11.1 Å². The summed E-state index contributed by atoms with van der Waals surface area (Å²) in [7, 11) is 0. The molecule has 1 rings (SSSR count). The second kappa shape index (κ2) is 5.27. The lowest BCUT2D eigenvalue weighted by Gasteiger charge is -2.21. The maximum atomic E-state index is 11.9. The minimum atomic E-state index is -0.608. The standard InChI is InChI=1S/C11H16ClN3O/c1-11(2,7-12)10(16)15-8-4-3-5-14-9(8)6-13/h3-5H,6-7,13H2,1-2H3,(H,15,16). The van der Waals surface area contributed by atoms with Crippen LogP contribution in [-0.4, -0.2) is 16.8 Å². The number of pyridine rings is 1. The van der Waals surface area contributed by atoms with Crippen molar-refractivity contribution in [1.29, 1.82) is 0 Å². The zero-order valence-electron chi connectivity index (χ0n) is 9.46. The number of nitrogens with zero attached hydrogens (tertiary/aromatic N) is 1. The van der Waals surface area contributed by atoms with Gasteiger partial charge in [0, 0.05) is 18.6 Å². The first-order valence-corrected chi connectivity index (χ1v) is 5.56. The maximum absolute atomic E-state index is 11.9. The van der Waals surface area contributed by atoms with Crippen LogP contribution in [0.25, 0.3) is 0 Å². The van der Waals surface area contributed by atoms with Crippen LogP contribution >= 0.6 is 11.6 Å². The summed E-state index contributed by atoms with van der Waals surface area (Å²) in [5, 5.41) is 2.79. The molecule has 0 unspecified atom stereocenters. The Bertz CT molecular complexity index is 379. The van der Waals surface area contributed by atoms with Crippen LogP contribution in [0.15, 0.2) is 18.3 Å². The van der Waals surface area contributed by atoms with Gasteiger partial charge in [0.1, 0.15) is 0 Å². The number of halogens is 1. The molecule has 1 aromatic rings. The second-order valence-corrected chi connectivity index (χ2v) is 4.44. The lowest BCUT2D eigenvalue weighted by atomic mass is 9.95. The van der Waals surface area contributed by atoms with Gasteiger partial charge in [0.15, 0.2) is 0 Å². The van der Waals surface area contributed by atoms with E-state index in [4.69, 9.17) is 17.3 Å². The third kappa shape index (κ3) is 2.93. The molecule has 16 heavy (non-hydrogen) atoms. The molecule has 0 atom stereocenters. The average Bonchev–Trinajstić information content (AvgIpc) is 2.29. The highest BCUT2D eigenvalue weighted by Gasteiger charge is 2.26. The van der Waals surface area contributed by atoms with Gasteiger partial charge in [-0.3, -0.25) is 9.78 Å². The van der Waals surface area contributed by atoms with Crippen molar-refractivity contribution in [2.45, 2.75) is 20.4 Å². The first-order chi connectivity index (χ1) is 7.51. The largest absolute Gasteiger partial charge is 0.325 e. The summed E-state index contributed by atoms with van der Waals surface area (Å²) in [5.74, 6) is 0.127. The molecule has 0 radical (unpaired) electrons. The molecule has 1 amide bonds. The Balaban J connectivity index is 2.85. The quantitative estimate of drug-likeness (QED) is 0.789. The molecule has 0 bridgehead atoms. The Morgan fingerprint density at radius 2 is 2.31 bits per heavy atom. The fourth-order valence-corrected chi connectivity index (χ4v) is 1.19. The molecular weight excluding hydrogens is 226 g/mol. The molecule has 3 N–H and O–H groups in total. The van der Waals surface area contributed by atoms with Crippen LogP contribution in [0.3, 0.4) is 0 Å². The molecule has 4 nitrogen and oxygen atoms in total. The third-order valence-corrected chi connectivity index (χ3v) is 2.95. The summed E-state index contributed by atoms with van der Waals surface area (Å²) >= 11 is 5.73. The lowest BCUT2D eigenvalue weighted by Crippen LogP contribution is -2.32. The van der Waals surface area contributed by atoms with Crippen LogP contribution in [0.2, 0.25) is 0 Å². The number of carbonyl (C=O) groups excluding carboxylic acids is 1. The maximum Gasteiger partial charge on any atom is 0.231 e. The van der Waals surface area contributed by atoms with Crippen molar-refractivity contribution in [3.05, 3.63) is 24.0 Å². The summed E-state index contributed by atoms with van der Waals surface area (Å²) in [6.07, 6.45) is 1.64. The number of alkyl halides is 1. The van der Waals surface area contributed by atoms with E-state index in [2.05, 4.69) is 10.3 Å². The Kier molecular flexibility index (Phi) is 4.26.